The van der Waals surface area contributed by atoms with Crippen LogP contribution in [0.3, 0.4) is 0 Å². The molecule has 2 heterocycles. The highest BCUT2D eigenvalue weighted by Gasteiger charge is 2.40. The number of rotatable bonds is 5. The largest absolute Gasteiger partial charge is 0.345 e. The first-order valence-corrected chi connectivity index (χ1v) is 9.33. The van der Waals surface area contributed by atoms with Crippen LogP contribution in [0.15, 0.2) is 42.6 Å². The first-order valence-electron chi connectivity index (χ1n) is 9.33. The Labute approximate surface area is 148 Å². The minimum atomic E-state index is -0.142. The summed E-state index contributed by atoms with van der Waals surface area (Å²) in [6, 6.07) is 12.5. The van der Waals surface area contributed by atoms with Gasteiger partial charge in [0, 0.05) is 24.4 Å². The van der Waals surface area contributed by atoms with Crippen LogP contribution >= 0.6 is 0 Å². The molecule has 25 heavy (non-hydrogen) atoms. The third-order valence-electron chi connectivity index (χ3n) is 5.75. The minimum absolute atomic E-state index is 0.142. The van der Waals surface area contributed by atoms with Crippen molar-refractivity contribution in [1.29, 1.82) is 0 Å². The summed E-state index contributed by atoms with van der Waals surface area (Å²) in [6.07, 6.45) is 7.36. The first-order chi connectivity index (χ1) is 12.3. The zero-order chi connectivity index (χ0) is 17.1. The third kappa shape index (κ3) is 3.47. The van der Waals surface area contributed by atoms with Gasteiger partial charge in [-0.2, -0.15) is 5.10 Å². The van der Waals surface area contributed by atoms with Gasteiger partial charge in [-0.25, -0.2) is 0 Å². The van der Waals surface area contributed by atoms with Gasteiger partial charge >= 0.3 is 0 Å². The molecule has 0 unspecified atom stereocenters. The maximum atomic E-state index is 12.7. The molecule has 1 aliphatic carbocycles. The van der Waals surface area contributed by atoms with E-state index in [-0.39, 0.29) is 11.4 Å². The molecule has 1 aliphatic heterocycles. The van der Waals surface area contributed by atoms with Gasteiger partial charge in [-0.3, -0.25) is 14.8 Å². The van der Waals surface area contributed by atoms with Crippen molar-refractivity contribution < 1.29 is 4.79 Å². The predicted molar refractivity (Wildman–Crippen MR) is 97.1 cm³/mol. The minimum Gasteiger partial charge on any atom is -0.345 e. The molecule has 1 atom stereocenters. The van der Waals surface area contributed by atoms with Crippen LogP contribution < -0.4 is 5.32 Å². The lowest BCUT2D eigenvalue weighted by atomic mass is 9.72. The van der Waals surface area contributed by atoms with Gasteiger partial charge in [0.15, 0.2) is 0 Å². The summed E-state index contributed by atoms with van der Waals surface area (Å²) in [7, 11) is 0. The third-order valence-corrected chi connectivity index (χ3v) is 5.75. The Hall–Kier alpha value is -2.14. The molecule has 1 saturated heterocycles. The number of likely N-dealkylation sites (tertiary alicyclic amines) is 1. The van der Waals surface area contributed by atoms with Crippen LogP contribution in [0.5, 0.6) is 0 Å². The van der Waals surface area contributed by atoms with Gasteiger partial charge in [0.05, 0.1) is 12.1 Å². The molecule has 132 valence electrons. The number of aromatic amines is 1. The SMILES string of the molecule is O=C(CN1CCC[C@H](c2ccn[nH]2)C1)NC1(c2ccccc2)CCC1. The van der Waals surface area contributed by atoms with Crippen LogP contribution in [0.1, 0.15) is 49.3 Å². The highest BCUT2D eigenvalue weighted by atomic mass is 16.2. The lowest BCUT2D eigenvalue weighted by molar-refractivity contribution is -0.125. The quantitative estimate of drug-likeness (QED) is 0.881. The Balaban J connectivity index is 1.37. The van der Waals surface area contributed by atoms with Crippen LogP contribution in [0.2, 0.25) is 0 Å². The predicted octanol–water partition coefficient (Wildman–Crippen LogP) is 2.78. The van der Waals surface area contributed by atoms with E-state index in [4.69, 9.17) is 0 Å². The monoisotopic (exact) mass is 338 g/mol. The Morgan fingerprint density at radius 1 is 1.24 bits per heavy atom. The molecule has 1 saturated carbocycles. The number of nitrogens with zero attached hydrogens (tertiary/aromatic N) is 2. The zero-order valence-corrected chi connectivity index (χ0v) is 14.6. The van der Waals surface area contributed by atoms with Gasteiger partial charge in [-0.15, -0.1) is 0 Å². The number of carbonyl (C=O) groups excluding carboxylic acids is 1. The van der Waals surface area contributed by atoms with Crippen molar-refractivity contribution in [3.8, 4) is 0 Å². The second-order valence-corrected chi connectivity index (χ2v) is 7.44. The summed E-state index contributed by atoms with van der Waals surface area (Å²) in [4.78, 5) is 15.0. The van der Waals surface area contributed by atoms with E-state index < -0.39 is 0 Å². The van der Waals surface area contributed by atoms with E-state index in [0.717, 1.165) is 38.8 Å². The molecule has 5 nitrogen and oxygen atoms in total. The average Bonchev–Trinajstić information content (AvgIpc) is 3.14. The van der Waals surface area contributed by atoms with Crippen LogP contribution in [0.4, 0.5) is 0 Å². The lowest BCUT2D eigenvalue weighted by Gasteiger charge is -2.43. The van der Waals surface area contributed by atoms with Crippen molar-refractivity contribution in [3.63, 3.8) is 0 Å². The summed E-state index contributed by atoms with van der Waals surface area (Å²) in [6.45, 7) is 2.41. The highest BCUT2D eigenvalue weighted by Crippen LogP contribution is 2.41. The highest BCUT2D eigenvalue weighted by molar-refractivity contribution is 5.79. The molecule has 1 aromatic carbocycles. The Morgan fingerprint density at radius 2 is 2.08 bits per heavy atom. The average molecular weight is 338 g/mol. The van der Waals surface area contributed by atoms with Gasteiger partial charge in [-0.1, -0.05) is 30.3 Å². The smallest absolute Gasteiger partial charge is 0.234 e. The molecule has 2 aliphatic rings. The molecule has 2 N–H and O–H groups in total. The van der Waals surface area contributed by atoms with Crippen molar-refractivity contribution in [1.82, 2.24) is 20.4 Å². The van der Waals surface area contributed by atoms with Gasteiger partial charge in [0.25, 0.3) is 0 Å². The topological polar surface area (TPSA) is 61.0 Å². The van der Waals surface area contributed by atoms with Gasteiger partial charge in [0.2, 0.25) is 5.91 Å². The van der Waals surface area contributed by atoms with E-state index in [1.807, 2.05) is 12.1 Å². The van der Waals surface area contributed by atoms with Crippen molar-refractivity contribution in [2.24, 2.45) is 0 Å². The van der Waals surface area contributed by atoms with E-state index in [1.54, 1.807) is 6.20 Å². The number of aromatic nitrogens is 2. The zero-order valence-electron chi connectivity index (χ0n) is 14.6. The maximum Gasteiger partial charge on any atom is 0.234 e. The Morgan fingerprint density at radius 3 is 2.76 bits per heavy atom. The molecule has 5 heteroatoms. The van der Waals surface area contributed by atoms with Crippen LogP contribution in [-0.4, -0.2) is 40.6 Å². The standard InChI is InChI=1S/C20H26N4O/c25-19(22-20(10-5-11-20)17-7-2-1-3-8-17)15-24-13-4-6-16(14-24)18-9-12-21-23-18/h1-3,7-9,12,16H,4-6,10-11,13-15H2,(H,21,23)(H,22,25)/t16-/m0/s1. The Kier molecular flexibility index (Phi) is 4.57. The number of H-pyrrole nitrogens is 1. The Bertz CT molecular complexity index is 694. The van der Waals surface area contributed by atoms with Crippen molar-refractivity contribution in [2.75, 3.05) is 19.6 Å². The summed E-state index contributed by atoms with van der Waals surface area (Å²) in [5.74, 6) is 0.602. The molecule has 1 aromatic heterocycles. The van der Waals surface area contributed by atoms with Crippen molar-refractivity contribution in [2.45, 2.75) is 43.6 Å². The lowest BCUT2D eigenvalue weighted by Crippen LogP contribution is -2.53. The fourth-order valence-electron chi connectivity index (χ4n) is 4.23. The van der Waals surface area contributed by atoms with E-state index in [9.17, 15) is 4.79 Å². The molecule has 2 fully saturated rings. The second kappa shape index (κ2) is 7.00. The fourth-order valence-corrected chi connectivity index (χ4v) is 4.23. The molecule has 2 aromatic rings. The number of benzene rings is 1. The molecular weight excluding hydrogens is 312 g/mol. The maximum absolute atomic E-state index is 12.7. The van der Waals surface area contributed by atoms with E-state index in [0.29, 0.717) is 12.5 Å². The number of hydrogen-bond acceptors (Lipinski definition) is 3. The van der Waals surface area contributed by atoms with E-state index in [1.165, 1.54) is 17.7 Å². The van der Waals surface area contributed by atoms with Crippen molar-refractivity contribution in [3.05, 3.63) is 53.9 Å². The van der Waals surface area contributed by atoms with Crippen LogP contribution in [0.25, 0.3) is 0 Å². The molecule has 0 bridgehead atoms. The first kappa shape index (κ1) is 16.3. The normalized spacial score (nSPS) is 23.0. The number of piperidine rings is 1. The molecule has 0 radical (unpaired) electrons. The van der Waals surface area contributed by atoms with Gasteiger partial charge in [0.1, 0.15) is 0 Å². The molecule has 4 rings (SSSR count). The summed E-state index contributed by atoms with van der Waals surface area (Å²) in [5.41, 5.74) is 2.28. The van der Waals surface area contributed by atoms with Gasteiger partial charge < -0.3 is 5.32 Å². The van der Waals surface area contributed by atoms with Crippen molar-refractivity contribution >= 4 is 5.91 Å². The van der Waals surface area contributed by atoms with E-state index in [2.05, 4.69) is 44.7 Å². The number of nitrogens with one attached hydrogen (secondary N) is 2. The fraction of sp³-hybridized carbons (Fsp3) is 0.500. The molecule has 0 spiro atoms. The molecular formula is C20H26N4O. The number of carbonyl (C=O) groups is 1. The summed E-state index contributed by atoms with van der Waals surface area (Å²) in [5, 5.41) is 10.5. The number of amides is 1. The van der Waals surface area contributed by atoms with Crippen LogP contribution in [0, 0.1) is 0 Å². The van der Waals surface area contributed by atoms with Crippen LogP contribution in [-0.2, 0) is 10.3 Å². The molecule has 1 amide bonds. The number of hydrogen-bond donors (Lipinski definition) is 2. The van der Waals surface area contributed by atoms with E-state index >= 15 is 0 Å². The summed E-state index contributed by atoms with van der Waals surface area (Å²) < 4.78 is 0. The second-order valence-electron chi connectivity index (χ2n) is 7.44. The summed E-state index contributed by atoms with van der Waals surface area (Å²) >= 11 is 0. The van der Waals surface area contributed by atoms with Gasteiger partial charge in [-0.05, 0) is 50.3 Å².